The van der Waals surface area contributed by atoms with Crippen molar-refractivity contribution in [1.82, 2.24) is 64.9 Å². The lowest BCUT2D eigenvalue weighted by atomic mass is 9.84. The van der Waals surface area contributed by atoms with E-state index in [-0.39, 0.29) is 78.9 Å². The number of aryl methyl sites for hydroxylation is 1. The third kappa shape index (κ3) is 25.4. The molecule has 3 saturated carbocycles. The predicted octanol–water partition coefficient (Wildman–Crippen LogP) is 12.3. The minimum Gasteiger partial charge on any atom is -0.342 e. The number of hydrogen-bond acceptors (Lipinski definition) is 13. The fraction of sp³-hybridized carbons (Fsp3) is 0.899. The van der Waals surface area contributed by atoms with Crippen molar-refractivity contribution in [3.63, 3.8) is 0 Å². The lowest BCUT2D eigenvalue weighted by Gasteiger charge is -2.47. The van der Waals surface area contributed by atoms with Gasteiger partial charge in [0.05, 0.1) is 16.6 Å². The second-order valence-corrected chi connectivity index (χ2v) is 34.5. The summed E-state index contributed by atoms with van der Waals surface area (Å²) < 4.78 is 71.4. The molecule has 0 bridgehead atoms. The van der Waals surface area contributed by atoms with Crippen molar-refractivity contribution in [2.24, 2.45) is 23.7 Å². The van der Waals surface area contributed by atoms with Gasteiger partial charge < -0.3 is 55.1 Å². The molecule has 576 valence electrons. The minimum atomic E-state index is -4.56. The zero-order valence-electron chi connectivity index (χ0n) is 64.7. The van der Waals surface area contributed by atoms with E-state index in [1.807, 2.05) is 0 Å². The molecule has 0 radical (unpaired) electrons. The molecule has 4 aliphatic heterocycles. The lowest BCUT2D eigenvalue weighted by Crippen LogP contribution is -2.60. The molecule has 0 aromatic heterocycles. The van der Waals surface area contributed by atoms with E-state index >= 15 is 4.79 Å². The number of likely N-dealkylation sites (tertiary alicyclic amines) is 2. The molecular weight excluding hydrogens is 1290 g/mol. The van der Waals surface area contributed by atoms with Gasteiger partial charge in [-0.15, -0.1) is 0 Å². The monoisotopic (exact) mass is 1430 g/mol. The van der Waals surface area contributed by atoms with E-state index in [4.69, 9.17) is 11.6 Å². The molecule has 3 N–H and O–H groups in total. The number of rotatable bonds is 13. The van der Waals surface area contributed by atoms with Crippen LogP contribution in [0.25, 0.3) is 0 Å². The van der Waals surface area contributed by atoms with E-state index in [9.17, 15) is 26.7 Å². The third-order valence-corrected chi connectivity index (χ3v) is 26.1. The quantitative estimate of drug-likeness (QED) is 0.164. The second kappa shape index (κ2) is 40.0. The van der Waals surface area contributed by atoms with Gasteiger partial charge in [0.2, 0.25) is 11.8 Å². The summed E-state index contributed by atoms with van der Waals surface area (Å²) in [7, 11) is 15.9. The number of amides is 2. The van der Waals surface area contributed by atoms with Crippen LogP contribution in [0.1, 0.15) is 206 Å². The molecule has 1 aromatic rings. The summed E-state index contributed by atoms with van der Waals surface area (Å²) in [5.74, 6) is -0.392. The maximum absolute atomic E-state index is 15.2. The molecule has 7 aliphatic rings. The number of carbonyl (C=O) groups excluding carboxylic acids is 2. The van der Waals surface area contributed by atoms with Crippen molar-refractivity contribution in [2.75, 3.05) is 161 Å². The predicted molar refractivity (Wildman–Crippen MR) is 402 cm³/mol. The number of nitrogens with one attached hydrogen (secondary N) is 3. The molecule has 4 saturated heterocycles. The Bertz CT molecular complexity index is 2540. The summed E-state index contributed by atoms with van der Waals surface area (Å²) >= 11 is 6.37. The van der Waals surface area contributed by atoms with Gasteiger partial charge in [0, 0.05) is 184 Å². The number of fused-ring (bicyclic) bond motifs is 1. The van der Waals surface area contributed by atoms with Crippen molar-refractivity contribution in [2.45, 2.75) is 274 Å². The van der Waals surface area contributed by atoms with Crippen molar-refractivity contribution in [1.29, 1.82) is 0 Å². The van der Waals surface area contributed by atoms with Gasteiger partial charge in [-0.2, -0.15) is 13.2 Å². The van der Waals surface area contributed by atoms with Gasteiger partial charge in [-0.1, -0.05) is 110 Å². The Labute approximate surface area is 609 Å². The third-order valence-electron chi connectivity index (χ3n) is 25.8. The van der Waals surface area contributed by atoms with E-state index in [1.165, 1.54) is 83.1 Å². The van der Waals surface area contributed by atoms with Crippen LogP contribution in [0, 0.1) is 23.7 Å². The van der Waals surface area contributed by atoms with Crippen LogP contribution < -0.4 is 16.0 Å². The van der Waals surface area contributed by atoms with Crippen LogP contribution in [0.2, 0.25) is 5.02 Å². The first-order valence-electron chi connectivity index (χ1n) is 40.3. The Morgan fingerprint density at radius 3 is 1.95 bits per heavy atom. The maximum Gasteiger partial charge on any atom is 0.417 e. The first-order chi connectivity index (χ1) is 47.6. The number of carbonyl (C=O) groups is 2. The summed E-state index contributed by atoms with van der Waals surface area (Å²) in [6.07, 6.45) is 20.1. The van der Waals surface area contributed by atoms with Crippen LogP contribution in [0.3, 0.4) is 0 Å². The normalized spacial score (nSPS) is 31.1. The second-order valence-electron chi connectivity index (χ2n) is 34.0. The fourth-order valence-corrected chi connectivity index (χ4v) is 18.8. The summed E-state index contributed by atoms with van der Waals surface area (Å²) in [4.78, 5) is 54.2. The molecule has 1 aromatic carbocycles. The number of hydrogen-bond donors (Lipinski definition) is 3. The van der Waals surface area contributed by atoms with Gasteiger partial charge in [0.15, 0.2) is 0 Å². The number of piperidine rings is 2. The largest absolute Gasteiger partial charge is 0.417 e. The molecule has 8 rings (SSSR count). The highest BCUT2D eigenvalue weighted by atomic mass is 35.5. The first-order valence-corrected chi connectivity index (χ1v) is 40.6. The Hall–Kier alpha value is -2.34. The van der Waals surface area contributed by atoms with Crippen LogP contribution in [-0.2, 0) is 22.2 Å². The van der Waals surface area contributed by atoms with Gasteiger partial charge in [0.1, 0.15) is 0 Å². The molecule has 21 heteroatoms. The van der Waals surface area contributed by atoms with E-state index in [0.717, 1.165) is 148 Å². The van der Waals surface area contributed by atoms with Gasteiger partial charge in [-0.25, -0.2) is 8.78 Å². The molecule has 15 nitrogen and oxygen atoms in total. The molecule has 1 spiro atoms. The van der Waals surface area contributed by atoms with Crippen molar-refractivity contribution in [3.05, 3.63) is 34.3 Å². The summed E-state index contributed by atoms with van der Waals surface area (Å²) in [5.41, 5.74) is -0.353. The van der Waals surface area contributed by atoms with Crippen LogP contribution in [0.5, 0.6) is 0 Å². The highest BCUT2D eigenvalue weighted by molar-refractivity contribution is 6.31. The molecule has 100 heavy (non-hydrogen) atoms. The Kier molecular flexibility index (Phi) is 33.3. The van der Waals surface area contributed by atoms with Crippen molar-refractivity contribution >= 4 is 23.4 Å². The van der Waals surface area contributed by atoms with Crippen molar-refractivity contribution in [3.8, 4) is 0 Å². The lowest BCUT2D eigenvalue weighted by molar-refractivity contribution is -0.139. The van der Waals surface area contributed by atoms with Crippen LogP contribution in [-0.4, -0.2) is 287 Å². The van der Waals surface area contributed by atoms with E-state index in [2.05, 4.69) is 144 Å². The molecule has 2 amide bonds. The molecule has 4 heterocycles. The highest BCUT2D eigenvalue weighted by Crippen LogP contribution is 2.38. The summed E-state index contributed by atoms with van der Waals surface area (Å²) in [5, 5.41) is 12.1. The van der Waals surface area contributed by atoms with E-state index in [0.29, 0.717) is 86.4 Å². The first kappa shape index (κ1) is 83.3. The Morgan fingerprint density at radius 1 is 0.640 bits per heavy atom. The smallest absolute Gasteiger partial charge is 0.342 e. The molecule has 0 unspecified atom stereocenters. The van der Waals surface area contributed by atoms with Crippen LogP contribution in [0.4, 0.5) is 22.0 Å². The number of halogens is 6. The summed E-state index contributed by atoms with van der Waals surface area (Å²) in [6.45, 7) is 24.6. The maximum atomic E-state index is 15.2. The fourth-order valence-electron chi connectivity index (χ4n) is 18.5. The molecule has 10 atom stereocenters. The number of alkyl halides is 5. The molecule has 3 aliphatic carbocycles. The number of likely N-dealkylation sites (N-methyl/N-ethyl adjacent to an activating group) is 7. The van der Waals surface area contributed by atoms with Gasteiger partial charge in [-0.05, 0) is 181 Å². The topological polar surface area (TPSA) is 103 Å². The van der Waals surface area contributed by atoms with Gasteiger partial charge in [-0.3, -0.25) is 19.4 Å². The van der Waals surface area contributed by atoms with E-state index < -0.39 is 17.7 Å². The van der Waals surface area contributed by atoms with Crippen LogP contribution in [0.15, 0.2) is 18.2 Å². The minimum absolute atomic E-state index is 0.0262. The average Bonchev–Trinajstić information content (AvgIpc) is 1.41. The SMILES string of the molecule is CC[C@H](C)[C@H]1CN(C)[C@@H](C)CN2CC[C@H]2CN(C)[C@@H](CC2CCCCC2)CN(C)CCN[C@@H](CCc2ccc(C(F)(F)F)c(Cl)c2)CN(C)[C@@H](CC(=O)N2CCC(F)(F)CC2)CNC2(CCCC2)CN(C)[C@@H](C2CCCC2)CN(C)[C@H](C(=O)N2CCCCC2)CCN(C)[C@@H](CC(C)C)CN1. The highest BCUT2D eigenvalue weighted by Gasteiger charge is 2.43. The Balaban J connectivity index is 1.11. The van der Waals surface area contributed by atoms with Crippen LogP contribution >= 0.6 is 11.6 Å². The van der Waals surface area contributed by atoms with Gasteiger partial charge >= 0.3 is 6.18 Å². The standard InChI is InChI=1S/C79H141ClF5N13O2/c1-13-60(4)72-56-91(8)61(5)52-98-42-32-66(98)55-93(10)69(47-62-24-16-14-17-25-62)54-89(6)45-38-86-65(30-28-63-29-31-70(71(80)48-63)79(83,84)85)53-92(9)68(49-75(99)96-43-36-78(81,82)37-44-96)51-88-77(34-20-21-35-77)58-95(12)74(64-26-18-19-27-64)57-94(11)73(76(100)97-39-22-15-23-40-97)33-41-90(7)67(50-87-72)46-59(2)3/h29,31,48,59-62,64-69,72-74,86-88H,13-28,30,32-47,49-58H2,1-12H3/t60-,61-,65-,66-,67-,68-,69-,72+,73-,74+/m0/s1. The molecule has 7 fully saturated rings. The van der Waals surface area contributed by atoms with Gasteiger partial charge in [0.25, 0.3) is 5.92 Å². The van der Waals surface area contributed by atoms with E-state index in [1.54, 1.807) is 11.0 Å². The molecular formula is C79H141ClF5N13O2. The average molecular weight is 1440 g/mol. The number of benzene rings is 1. The number of nitrogens with zero attached hydrogens (tertiary/aromatic N) is 10. The zero-order valence-corrected chi connectivity index (χ0v) is 65.5. The Morgan fingerprint density at radius 2 is 1.31 bits per heavy atom. The van der Waals surface area contributed by atoms with Crippen molar-refractivity contribution < 1.29 is 31.5 Å². The summed E-state index contributed by atoms with van der Waals surface area (Å²) in [6, 6.07) is 5.62. The zero-order chi connectivity index (χ0) is 72.3.